The quantitative estimate of drug-likeness (QED) is 0.320. The van der Waals surface area contributed by atoms with Crippen LogP contribution in [0, 0.1) is 0 Å². The van der Waals surface area contributed by atoms with Gasteiger partial charge < -0.3 is 27.0 Å². The Labute approximate surface area is 117 Å². The first kappa shape index (κ1) is 17.8. The van der Waals surface area contributed by atoms with Gasteiger partial charge in [-0.3, -0.25) is 19.2 Å². The molecule has 2 unspecified atom stereocenters. The fourth-order valence-electron chi connectivity index (χ4n) is 1.45. The summed E-state index contributed by atoms with van der Waals surface area (Å²) >= 11 is 0. The van der Waals surface area contributed by atoms with Crippen molar-refractivity contribution >= 4 is 23.6 Å². The molecule has 20 heavy (non-hydrogen) atoms. The Kier molecular flexibility index (Phi) is 7.90. The summed E-state index contributed by atoms with van der Waals surface area (Å²) < 4.78 is 0. The van der Waals surface area contributed by atoms with Gasteiger partial charge in [-0.25, -0.2) is 0 Å². The van der Waals surface area contributed by atoms with Gasteiger partial charge in [-0.15, -0.1) is 0 Å². The van der Waals surface area contributed by atoms with E-state index in [1.165, 1.54) is 21.1 Å². The van der Waals surface area contributed by atoms with Crippen molar-refractivity contribution in [2.75, 3.05) is 21.1 Å². The van der Waals surface area contributed by atoms with Crippen molar-refractivity contribution in [1.82, 2.24) is 21.3 Å². The molecule has 6 N–H and O–H groups in total. The van der Waals surface area contributed by atoms with Crippen molar-refractivity contribution in [2.24, 2.45) is 5.73 Å². The molecule has 0 aliphatic rings. The minimum absolute atomic E-state index is 0.173. The Balaban J connectivity index is 4.56. The zero-order valence-corrected chi connectivity index (χ0v) is 11.8. The molecule has 0 heterocycles. The number of carbonyl (C=O) groups excluding carboxylic acids is 4. The number of hydrogen-bond donors (Lipinski definition) is 5. The first-order chi connectivity index (χ1) is 9.35. The first-order valence-electron chi connectivity index (χ1n) is 6.03. The van der Waals surface area contributed by atoms with Crippen molar-refractivity contribution in [3.63, 3.8) is 0 Å². The number of amides is 4. The minimum atomic E-state index is -1.11. The summed E-state index contributed by atoms with van der Waals surface area (Å²) in [7, 11) is 4.39. The standard InChI is InChI=1S/C11H21N5O4/c1-13-7(11(20)15-3)5-9(18)16-6(10(12)19)4-8(17)14-2/h6-7,13H,4-5H2,1-3H3,(H2,12,19)(H,14,17)(H,15,20)(H,16,18). The van der Waals surface area contributed by atoms with E-state index in [0.29, 0.717) is 0 Å². The molecule has 0 radical (unpaired) electrons. The van der Waals surface area contributed by atoms with Crippen LogP contribution in [-0.4, -0.2) is 56.9 Å². The van der Waals surface area contributed by atoms with Crippen LogP contribution in [0.5, 0.6) is 0 Å². The first-order valence-corrected chi connectivity index (χ1v) is 6.03. The van der Waals surface area contributed by atoms with Crippen LogP contribution in [0.3, 0.4) is 0 Å². The average molecular weight is 287 g/mol. The van der Waals surface area contributed by atoms with E-state index in [4.69, 9.17) is 5.73 Å². The molecule has 0 rings (SSSR count). The molecule has 0 saturated carbocycles. The van der Waals surface area contributed by atoms with Crippen LogP contribution in [0.2, 0.25) is 0 Å². The maximum atomic E-state index is 11.7. The van der Waals surface area contributed by atoms with Crippen molar-refractivity contribution in [1.29, 1.82) is 0 Å². The number of nitrogens with two attached hydrogens (primary N) is 1. The smallest absolute Gasteiger partial charge is 0.240 e. The molecule has 9 nitrogen and oxygen atoms in total. The average Bonchev–Trinajstić information content (AvgIpc) is 2.42. The van der Waals surface area contributed by atoms with Gasteiger partial charge in [0.2, 0.25) is 23.6 Å². The molecule has 0 saturated heterocycles. The molecule has 4 amide bonds. The van der Waals surface area contributed by atoms with E-state index in [1.807, 2.05) is 0 Å². The number of primary amides is 1. The molecule has 114 valence electrons. The molecule has 0 spiro atoms. The van der Waals surface area contributed by atoms with Gasteiger partial charge in [0.25, 0.3) is 0 Å². The fraction of sp³-hybridized carbons (Fsp3) is 0.636. The van der Waals surface area contributed by atoms with Crippen molar-refractivity contribution in [3.05, 3.63) is 0 Å². The van der Waals surface area contributed by atoms with E-state index < -0.39 is 29.8 Å². The molecule has 0 aromatic carbocycles. The van der Waals surface area contributed by atoms with E-state index in [1.54, 1.807) is 0 Å². The third kappa shape index (κ3) is 6.14. The molecular weight excluding hydrogens is 266 g/mol. The topological polar surface area (TPSA) is 142 Å². The molecule has 0 aliphatic heterocycles. The van der Waals surface area contributed by atoms with Crippen LogP contribution in [0.1, 0.15) is 12.8 Å². The maximum Gasteiger partial charge on any atom is 0.240 e. The van der Waals surface area contributed by atoms with Gasteiger partial charge in [-0.05, 0) is 7.05 Å². The lowest BCUT2D eigenvalue weighted by atomic mass is 10.1. The largest absolute Gasteiger partial charge is 0.368 e. The Morgan fingerprint density at radius 1 is 0.900 bits per heavy atom. The van der Waals surface area contributed by atoms with Crippen LogP contribution in [0.15, 0.2) is 0 Å². The number of nitrogens with one attached hydrogen (secondary N) is 4. The second kappa shape index (κ2) is 8.86. The minimum Gasteiger partial charge on any atom is -0.368 e. The highest BCUT2D eigenvalue weighted by Gasteiger charge is 2.24. The van der Waals surface area contributed by atoms with Crippen molar-refractivity contribution in [3.8, 4) is 0 Å². The van der Waals surface area contributed by atoms with Crippen LogP contribution >= 0.6 is 0 Å². The highest BCUT2D eigenvalue weighted by Crippen LogP contribution is 1.96. The summed E-state index contributed by atoms with van der Waals surface area (Å²) in [6.07, 6.45) is -0.421. The Morgan fingerprint density at radius 2 is 1.45 bits per heavy atom. The number of rotatable bonds is 8. The molecule has 0 aromatic heterocycles. The normalized spacial score (nSPS) is 12.9. The second-order valence-electron chi connectivity index (χ2n) is 4.06. The summed E-state index contributed by atoms with van der Waals surface area (Å²) in [5, 5.41) is 9.73. The van der Waals surface area contributed by atoms with Crippen molar-refractivity contribution < 1.29 is 19.2 Å². The third-order valence-corrected chi connectivity index (χ3v) is 2.65. The number of hydrogen-bond acceptors (Lipinski definition) is 5. The highest BCUT2D eigenvalue weighted by molar-refractivity contribution is 5.93. The molecule has 0 fully saturated rings. The molecular formula is C11H21N5O4. The summed E-state index contributed by atoms with van der Waals surface area (Å²) in [6.45, 7) is 0. The van der Waals surface area contributed by atoms with Crippen LogP contribution in [0.25, 0.3) is 0 Å². The van der Waals surface area contributed by atoms with Gasteiger partial charge in [0.15, 0.2) is 0 Å². The molecule has 9 heteroatoms. The van der Waals surface area contributed by atoms with Gasteiger partial charge in [0.1, 0.15) is 6.04 Å². The number of likely N-dealkylation sites (N-methyl/N-ethyl adjacent to an activating group) is 2. The Bertz CT molecular complexity index is 385. The lowest BCUT2D eigenvalue weighted by Crippen LogP contribution is -2.50. The zero-order chi connectivity index (χ0) is 15.7. The van der Waals surface area contributed by atoms with Gasteiger partial charge >= 0.3 is 0 Å². The van der Waals surface area contributed by atoms with E-state index in [-0.39, 0.29) is 18.7 Å². The lowest BCUT2D eigenvalue weighted by Gasteiger charge is -2.18. The van der Waals surface area contributed by atoms with Gasteiger partial charge in [0.05, 0.1) is 18.9 Å². The molecule has 0 bridgehead atoms. The van der Waals surface area contributed by atoms with E-state index in [0.717, 1.165) is 0 Å². The van der Waals surface area contributed by atoms with Crippen LogP contribution < -0.4 is 27.0 Å². The molecule has 2 atom stereocenters. The van der Waals surface area contributed by atoms with Gasteiger partial charge in [0, 0.05) is 14.1 Å². The summed E-state index contributed by atoms with van der Waals surface area (Å²) in [4.78, 5) is 45.5. The summed E-state index contributed by atoms with van der Waals surface area (Å²) in [5.74, 6) is -2.15. The second-order valence-corrected chi connectivity index (χ2v) is 4.06. The Morgan fingerprint density at radius 3 is 1.85 bits per heavy atom. The van der Waals surface area contributed by atoms with E-state index in [9.17, 15) is 19.2 Å². The predicted molar refractivity (Wildman–Crippen MR) is 71.3 cm³/mol. The zero-order valence-electron chi connectivity index (χ0n) is 11.8. The molecule has 0 aromatic rings. The van der Waals surface area contributed by atoms with Crippen molar-refractivity contribution in [2.45, 2.75) is 24.9 Å². The van der Waals surface area contributed by atoms with Crippen LogP contribution in [0.4, 0.5) is 0 Å². The number of carbonyl (C=O) groups is 4. The fourth-order valence-corrected chi connectivity index (χ4v) is 1.45. The summed E-state index contributed by atoms with van der Waals surface area (Å²) in [5.41, 5.74) is 5.11. The monoisotopic (exact) mass is 287 g/mol. The van der Waals surface area contributed by atoms with E-state index in [2.05, 4.69) is 21.3 Å². The van der Waals surface area contributed by atoms with Crippen LogP contribution in [-0.2, 0) is 19.2 Å². The van der Waals surface area contributed by atoms with Gasteiger partial charge in [-0.2, -0.15) is 0 Å². The third-order valence-electron chi connectivity index (χ3n) is 2.65. The maximum absolute atomic E-state index is 11.7. The SMILES string of the molecule is CNC(=O)CC(NC(=O)CC(NC)C(=O)NC)C(N)=O. The predicted octanol–water partition coefficient (Wildman–Crippen LogP) is -3.18. The lowest BCUT2D eigenvalue weighted by molar-refractivity contribution is -0.131. The van der Waals surface area contributed by atoms with E-state index >= 15 is 0 Å². The van der Waals surface area contributed by atoms with Gasteiger partial charge in [-0.1, -0.05) is 0 Å². The highest BCUT2D eigenvalue weighted by atomic mass is 16.2. The molecule has 0 aliphatic carbocycles. The summed E-state index contributed by atoms with van der Waals surface area (Å²) in [6, 6.07) is -1.84. The Hall–Kier alpha value is -2.16.